The molecular weight excluding hydrogens is 390 g/mol. The van der Waals surface area contributed by atoms with E-state index in [0.717, 1.165) is 32.1 Å². The Labute approximate surface area is 174 Å². The van der Waals surface area contributed by atoms with Crippen LogP contribution in [-0.4, -0.2) is 18.9 Å². The van der Waals surface area contributed by atoms with Gasteiger partial charge in [-0.2, -0.15) is 0 Å². The summed E-state index contributed by atoms with van der Waals surface area (Å²) in [6, 6.07) is 8.31. The normalized spacial score (nSPS) is 14.5. The molecule has 0 unspecified atom stereocenters. The molecule has 0 radical (unpaired) electrons. The maximum Gasteiger partial charge on any atom is 0.248 e. The van der Waals surface area contributed by atoms with Gasteiger partial charge in [0.05, 0.1) is 12.8 Å². The van der Waals surface area contributed by atoms with Crippen molar-refractivity contribution >= 4 is 29.3 Å². The Balaban J connectivity index is 1.63. The minimum absolute atomic E-state index is 0.0320. The number of hydrogen-bond donors (Lipinski definition) is 2. The van der Waals surface area contributed by atoms with Gasteiger partial charge in [-0.25, -0.2) is 8.78 Å². The van der Waals surface area contributed by atoms with Gasteiger partial charge in [0.25, 0.3) is 0 Å². The van der Waals surface area contributed by atoms with E-state index in [-0.39, 0.29) is 23.3 Å². The average Bonchev–Trinajstić information content (AvgIpc) is 2.75. The lowest BCUT2D eigenvalue weighted by Gasteiger charge is -2.21. The summed E-state index contributed by atoms with van der Waals surface area (Å²) in [5, 5.41) is 5.24. The first-order valence-electron chi connectivity index (χ1n) is 9.89. The highest BCUT2D eigenvalue weighted by molar-refractivity contribution is 6.02. The molecule has 7 heteroatoms. The second kappa shape index (κ2) is 10.0. The summed E-state index contributed by atoms with van der Waals surface area (Å²) < 4.78 is 32.7. The van der Waals surface area contributed by atoms with Gasteiger partial charge < -0.3 is 15.4 Å². The van der Waals surface area contributed by atoms with Gasteiger partial charge in [0, 0.05) is 17.7 Å². The van der Waals surface area contributed by atoms with E-state index in [1.54, 1.807) is 6.07 Å². The van der Waals surface area contributed by atoms with Crippen LogP contribution in [0, 0.1) is 17.6 Å². The Bertz CT molecular complexity index is 953. The van der Waals surface area contributed by atoms with Crippen LogP contribution in [0.1, 0.15) is 37.7 Å². The fourth-order valence-electron chi connectivity index (χ4n) is 3.44. The van der Waals surface area contributed by atoms with Crippen LogP contribution in [0.4, 0.5) is 20.2 Å². The first-order valence-corrected chi connectivity index (χ1v) is 9.89. The highest BCUT2D eigenvalue weighted by Crippen LogP contribution is 2.26. The van der Waals surface area contributed by atoms with Crippen molar-refractivity contribution in [1.82, 2.24) is 0 Å². The zero-order valence-electron chi connectivity index (χ0n) is 16.7. The van der Waals surface area contributed by atoms with Gasteiger partial charge in [-0.15, -0.1) is 0 Å². The standard InChI is InChI=1S/C23H24F2N2O3/c1-30-21-11-7-15(13-19(21)25)8-12-22(28)26-17-9-10-18(24)20(14-17)27-23(29)16-5-3-2-4-6-16/h7-14,16H,2-6H2,1H3,(H,26,28)(H,27,29)/b12-8+. The molecule has 0 spiro atoms. The summed E-state index contributed by atoms with van der Waals surface area (Å²) in [6.07, 6.45) is 7.43. The van der Waals surface area contributed by atoms with Crippen LogP contribution in [0.15, 0.2) is 42.5 Å². The molecule has 2 aromatic rings. The molecule has 0 aromatic heterocycles. The number of halogens is 2. The molecule has 2 aromatic carbocycles. The molecule has 0 heterocycles. The second-order valence-electron chi connectivity index (χ2n) is 7.24. The van der Waals surface area contributed by atoms with E-state index in [1.807, 2.05) is 0 Å². The van der Waals surface area contributed by atoms with Crippen LogP contribution in [0.2, 0.25) is 0 Å². The number of hydrogen-bond acceptors (Lipinski definition) is 3. The fraction of sp³-hybridized carbons (Fsp3) is 0.304. The van der Waals surface area contributed by atoms with Gasteiger partial charge in [0.1, 0.15) is 5.82 Å². The van der Waals surface area contributed by atoms with Gasteiger partial charge >= 0.3 is 0 Å². The average molecular weight is 414 g/mol. The van der Waals surface area contributed by atoms with Crippen molar-refractivity contribution in [2.75, 3.05) is 17.7 Å². The Kier molecular flexibility index (Phi) is 7.17. The number of nitrogens with one attached hydrogen (secondary N) is 2. The van der Waals surface area contributed by atoms with E-state index in [9.17, 15) is 18.4 Å². The predicted octanol–water partition coefficient (Wildman–Crippen LogP) is 5.14. The monoisotopic (exact) mass is 414 g/mol. The molecule has 5 nitrogen and oxygen atoms in total. The van der Waals surface area contributed by atoms with Crippen molar-refractivity contribution in [1.29, 1.82) is 0 Å². The lowest BCUT2D eigenvalue weighted by Crippen LogP contribution is -2.25. The van der Waals surface area contributed by atoms with Crippen LogP contribution >= 0.6 is 0 Å². The first-order chi connectivity index (χ1) is 14.5. The van der Waals surface area contributed by atoms with Crippen molar-refractivity contribution in [3.8, 4) is 5.75 Å². The molecule has 3 rings (SSSR count). The topological polar surface area (TPSA) is 67.4 Å². The van der Waals surface area contributed by atoms with Gasteiger partial charge in [0.15, 0.2) is 11.6 Å². The van der Waals surface area contributed by atoms with Gasteiger partial charge in [-0.05, 0) is 54.8 Å². The molecule has 1 saturated carbocycles. The number of ether oxygens (including phenoxy) is 1. The minimum atomic E-state index is -0.568. The number of anilines is 2. The van der Waals surface area contributed by atoms with Crippen LogP contribution < -0.4 is 15.4 Å². The van der Waals surface area contributed by atoms with Crippen molar-refractivity contribution in [2.45, 2.75) is 32.1 Å². The smallest absolute Gasteiger partial charge is 0.248 e. The number of carbonyl (C=O) groups is 2. The Morgan fingerprint density at radius 1 is 1.00 bits per heavy atom. The van der Waals surface area contributed by atoms with E-state index in [1.165, 1.54) is 49.6 Å². The largest absolute Gasteiger partial charge is 0.494 e. The Morgan fingerprint density at radius 2 is 1.77 bits per heavy atom. The number of carbonyl (C=O) groups excluding carboxylic acids is 2. The van der Waals surface area contributed by atoms with Crippen molar-refractivity contribution in [2.24, 2.45) is 5.92 Å². The minimum Gasteiger partial charge on any atom is -0.494 e. The molecule has 0 atom stereocenters. The molecule has 158 valence electrons. The van der Waals surface area contributed by atoms with Crippen LogP contribution in [0.3, 0.4) is 0 Å². The van der Waals surface area contributed by atoms with Crippen LogP contribution in [0.25, 0.3) is 6.08 Å². The molecule has 1 aliphatic carbocycles. The van der Waals surface area contributed by atoms with E-state index in [4.69, 9.17) is 4.74 Å². The summed E-state index contributed by atoms with van der Waals surface area (Å²) in [5.74, 6) is -1.76. The maximum atomic E-state index is 14.1. The zero-order chi connectivity index (χ0) is 21.5. The molecule has 0 bridgehead atoms. The maximum absolute atomic E-state index is 14.1. The Morgan fingerprint density at radius 3 is 2.47 bits per heavy atom. The van der Waals surface area contributed by atoms with Gasteiger partial charge in [0.2, 0.25) is 11.8 Å². The van der Waals surface area contributed by atoms with E-state index < -0.39 is 17.5 Å². The number of rotatable bonds is 6. The summed E-state index contributed by atoms with van der Waals surface area (Å²) in [6.45, 7) is 0. The summed E-state index contributed by atoms with van der Waals surface area (Å²) in [4.78, 5) is 24.5. The molecule has 1 fully saturated rings. The number of benzene rings is 2. The quantitative estimate of drug-likeness (QED) is 0.643. The molecular formula is C23H24F2N2O3. The number of methoxy groups -OCH3 is 1. The lowest BCUT2D eigenvalue weighted by molar-refractivity contribution is -0.120. The van der Waals surface area contributed by atoms with E-state index >= 15 is 0 Å². The lowest BCUT2D eigenvalue weighted by atomic mass is 9.88. The van der Waals surface area contributed by atoms with Crippen molar-refractivity contribution < 1.29 is 23.1 Å². The zero-order valence-corrected chi connectivity index (χ0v) is 16.7. The molecule has 1 aliphatic rings. The molecule has 30 heavy (non-hydrogen) atoms. The third-order valence-corrected chi connectivity index (χ3v) is 5.07. The molecule has 0 saturated heterocycles. The third-order valence-electron chi connectivity index (χ3n) is 5.07. The van der Waals surface area contributed by atoms with E-state index in [0.29, 0.717) is 11.3 Å². The van der Waals surface area contributed by atoms with Gasteiger partial charge in [-0.1, -0.05) is 25.3 Å². The third kappa shape index (κ3) is 5.65. The molecule has 0 aliphatic heterocycles. The summed E-state index contributed by atoms with van der Waals surface area (Å²) in [7, 11) is 1.37. The van der Waals surface area contributed by atoms with Crippen LogP contribution in [-0.2, 0) is 9.59 Å². The summed E-state index contributed by atoms with van der Waals surface area (Å²) in [5.41, 5.74) is 0.860. The SMILES string of the molecule is COc1ccc(/C=C/C(=O)Nc2ccc(F)c(NC(=O)C3CCCCC3)c2)cc1F. The Hall–Kier alpha value is -3.22. The fourth-order valence-corrected chi connectivity index (χ4v) is 3.44. The molecule has 2 amide bonds. The first kappa shape index (κ1) is 21.5. The summed E-state index contributed by atoms with van der Waals surface area (Å²) >= 11 is 0. The highest BCUT2D eigenvalue weighted by atomic mass is 19.1. The van der Waals surface area contributed by atoms with Crippen LogP contribution in [0.5, 0.6) is 5.75 Å². The van der Waals surface area contributed by atoms with E-state index in [2.05, 4.69) is 10.6 Å². The number of amides is 2. The highest BCUT2D eigenvalue weighted by Gasteiger charge is 2.22. The van der Waals surface area contributed by atoms with Crippen molar-refractivity contribution in [3.05, 3.63) is 59.7 Å². The second-order valence-corrected chi connectivity index (χ2v) is 7.24. The van der Waals surface area contributed by atoms with Gasteiger partial charge in [-0.3, -0.25) is 9.59 Å². The van der Waals surface area contributed by atoms with Crippen molar-refractivity contribution in [3.63, 3.8) is 0 Å². The molecule has 2 N–H and O–H groups in total. The predicted molar refractivity (Wildman–Crippen MR) is 112 cm³/mol.